The number of aliphatic hydroxyl groups is 1. The zero-order chi connectivity index (χ0) is 18.5. The highest BCUT2D eigenvalue weighted by molar-refractivity contribution is 6.35. The molecule has 1 fully saturated rings. The molecule has 2 aromatic heterocycles. The fourth-order valence-corrected chi connectivity index (χ4v) is 5.40. The summed E-state index contributed by atoms with van der Waals surface area (Å²) in [6.07, 6.45) is 6.37. The second kappa shape index (κ2) is 6.62. The Hall–Kier alpha value is -1.88. The molecule has 0 bridgehead atoms. The van der Waals surface area contributed by atoms with Crippen LogP contribution in [0, 0.1) is 6.92 Å². The Bertz CT molecular complexity index is 998. The van der Waals surface area contributed by atoms with Gasteiger partial charge in [0.1, 0.15) is 0 Å². The fourth-order valence-electron chi connectivity index (χ4n) is 5.03. The minimum Gasteiger partial charge on any atom is -0.387 e. The molecule has 3 aromatic rings. The highest BCUT2D eigenvalue weighted by Gasteiger charge is 2.36. The fraction of sp³-hybridized carbons (Fsp3) is 0.409. The molecule has 0 radical (unpaired) electrons. The predicted octanol–water partition coefficient (Wildman–Crippen LogP) is 4.42. The van der Waals surface area contributed by atoms with Crippen LogP contribution in [0.2, 0.25) is 5.02 Å². The zero-order valence-corrected chi connectivity index (χ0v) is 16.3. The third-order valence-corrected chi connectivity index (χ3v) is 6.47. The summed E-state index contributed by atoms with van der Waals surface area (Å²) in [6, 6.07) is 8.57. The normalized spacial score (nSPS) is 20.6. The van der Waals surface area contributed by atoms with Crippen LogP contribution in [0.4, 0.5) is 0 Å². The van der Waals surface area contributed by atoms with Crippen LogP contribution in [0.15, 0.2) is 36.7 Å². The number of fused-ring (bicyclic) bond motifs is 5. The molecule has 5 heteroatoms. The quantitative estimate of drug-likeness (QED) is 0.729. The lowest BCUT2D eigenvalue weighted by molar-refractivity contribution is 0.155. The molecule has 1 aromatic carbocycles. The first-order chi connectivity index (χ1) is 13.1. The molecule has 0 saturated carbocycles. The van der Waals surface area contributed by atoms with Crippen LogP contribution in [-0.2, 0) is 13.0 Å². The van der Waals surface area contributed by atoms with E-state index >= 15 is 0 Å². The largest absolute Gasteiger partial charge is 0.387 e. The zero-order valence-electron chi connectivity index (χ0n) is 15.5. The molecular weight excluding hydrogens is 358 g/mol. The molecule has 0 unspecified atom stereocenters. The van der Waals surface area contributed by atoms with Gasteiger partial charge in [0.25, 0.3) is 0 Å². The summed E-state index contributed by atoms with van der Waals surface area (Å²) in [5.74, 6) is 0. The van der Waals surface area contributed by atoms with E-state index in [0.717, 1.165) is 29.1 Å². The van der Waals surface area contributed by atoms with Crippen LogP contribution < -0.4 is 0 Å². The molecule has 0 aliphatic carbocycles. The van der Waals surface area contributed by atoms with E-state index in [2.05, 4.69) is 27.4 Å². The van der Waals surface area contributed by atoms with E-state index in [4.69, 9.17) is 11.6 Å². The number of hydrogen-bond acceptors (Lipinski definition) is 3. The second-order valence-corrected chi connectivity index (χ2v) is 8.26. The summed E-state index contributed by atoms with van der Waals surface area (Å²) in [4.78, 5) is 6.67. The van der Waals surface area contributed by atoms with Gasteiger partial charge in [0.15, 0.2) is 0 Å². The Labute approximate surface area is 164 Å². The molecule has 0 spiro atoms. The summed E-state index contributed by atoms with van der Waals surface area (Å²) in [7, 11) is 0. The van der Waals surface area contributed by atoms with Gasteiger partial charge in [-0.25, -0.2) is 0 Å². The van der Waals surface area contributed by atoms with Gasteiger partial charge in [-0.2, -0.15) is 0 Å². The average Bonchev–Trinajstić information content (AvgIpc) is 3.25. The van der Waals surface area contributed by atoms with Crippen LogP contribution in [0.5, 0.6) is 0 Å². The van der Waals surface area contributed by atoms with Crippen molar-refractivity contribution in [3.05, 3.63) is 64.1 Å². The van der Waals surface area contributed by atoms with Crippen molar-refractivity contribution in [2.45, 2.75) is 44.9 Å². The van der Waals surface area contributed by atoms with Gasteiger partial charge in [-0.3, -0.25) is 9.88 Å². The molecule has 4 nitrogen and oxygen atoms in total. The van der Waals surface area contributed by atoms with E-state index in [9.17, 15) is 5.11 Å². The van der Waals surface area contributed by atoms with Gasteiger partial charge in [0, 0.05) is 42.5 Å². The molecule has 5 rings (SSSR count). The van der Waals surface area contributed by atoms with Crippen LogP contribution >= 0.6 is 11.6 Å². The molecule has 1 saturated heterocycles. The van der Waals surface area contributed by atoms with Gasteiger partial charge < -0.3 is 9.67 Å². The van der Waals surface area contributed by atoms with Crippen molar-refractivity contribution < 1.29 is 5.11 Å². The van der Waals surface area contributed by atoms with Crippen molar-refractivity contribution in [1.82, 2.24) is 14.5 Å². The number of nitrogens with zero attached hydrogens (tertiary/aromatic N) is 3. The number of aryl methyl sites for hydroxylation is 1. The van der Waals surface area contributed by atoms with Crippen LogP contribution in [0.1, 0.15) is 47.4 Å². The van der Waals surface area contributed by atoms with Gasteiger partial charge in [0.2, 0.25) is 0 Å². The molecule has 4 heterocycles. The van der Waals surface area contributed by atoms with Crippen molar-refractivity contribution >= 4 is 22.5 Å². The minimum absolute atomic E-state index is 0.494. The molecular formula is C22H24ClN3O. The lowest BCUT2D eigenvalue weighted by Gasteiger charge is -2.31. The Morgan fingerprint density at radius 2 is 2.07 bits per heavy atom. The Morgan fingerprint density at radius 1 is 1.26 bits per heavy atom. The van der Waals surface area contributed by atoms with Gasteiger partial charge in [-0.15, -0.1) is 0 Å². The third-order valence-electron chi connectivity index (χ3n) is 6.18. The van der Waals surface area contributed by atoms with Crippen molar-refractivity contribution in [2.75, 3.05) is 13.1 Å². The number of aliphatic hydroxyl groups excluding tert-OH is 1. The van der Waals surface area contributed by atoms with E-state index in [1.807, 2.05) is 18.2 Å². The Kier molecular flexibility index (Phi) is 4.23. The lowest BCUT2D eigenvalue weighted by atomic mass is 9.95. The van der Waals surface area contributed by atoms with E-state index in [1.54, 1.807) is 12.4 Å². The van der Waals surface area contributed by atoms with Crippen LogP contribution in [0.3, 0.4) is 0 Å². The monoisotopic (exact) mass is 381 g/mol. The third kappa shape index (κ3) is 2.78. The number of rotatable bonds is 3. The number of hydrogen-bond donors (Lipinski definition) is 1. The first kappa shape index (κ1) is 17.2. The number of pyridine rings is 1. The van der Waals surface area contributed by atoms with E-state index < -0.39 is 6.10 Å². The molecule has 2 atom stereocenters. The molecule has 140 valence electrons. The van der Waals surface area contributed by atoms with E-state index in [-0.39, 0.29) is 0 Å². The van der Waals surface area contributed by atoms with E-state index in [0.29, 0.717) is 12.6 Å². The summed E-state index contributed by atoms with van der Waals surface area (Å²) >= 11 is 6.73. The summed E-state index contributed by atoms with van der Waals surface area (Å²) in [5.41, 5.74) is 5.96. The van der Waals surface area contributed by atoms with Crippen LogP contribution in [-0.4, -0.2) is 32.6 Å². The van der Waals surface area contributed by atoms with Gasteiger partial charge in [-0.1, -0.05) is 11.6 Å². The topological polar surface area (TPSA) is 41.3 Å². The Balaban J connectivity index is 1.68. The summed E-state index contributed by atoms with van der Waals surface area (Å²) < 4.78 is 2.28. The molecule has 2 aliphatic rings. The molecule has 0 amide bonds. The summed E-state index contributed by atoms with van der Waals surface area (Å²) in [6.45, 7) is 4.91. The second-order valence-electron chi connectivity index (χ2n) is 7.85. The van der Waals surface area contributed by atoms with E-state index in [1.165, 1.54) is 41.6 Å². The average molecular weight is 382 g/mol. The first-order valence-corrected chi connectivity index (χ1v) is 10.1. The summed E-state index contributed by atoms with van der Waals surface area (Å²) in [5, 5.41) is 12.9. The SMILES string of the molecule is Cc1cc(Cl)c2c(c1)c1c(n2C[C@@H](O)c2ccncc2)CCN2CCC[C@H]12. The number of benzene rings is 1. The number of aromatic nitrogens is 2. The maximum absolute atomic E-state index is 10.9. The first-order valence-electron chi connectivity index (χ1n) is 9.76. The van der Waals surface area contributed by atoms with Gasteiger partial charge >= 0.3 is 0 Å². The smallest absolute Gasteiger partial charge is 0.0970 e. The molecule has 2 aliphatic heterocycles. The van der Waals surface area contributed by atoms with Crippen molar-refractivity contribution in [2.24, 2.45) is 0 Å². The van der Waals surface area contributed by atoms with Crippen molar-refractivity contribution in [3.63, 3.8) is 0 Å². The van der Waals surface area contributed by atoms with Crippen LogP contribution in [0.25, 0.3) is 10.9 Å². The van der Waals surface area contributed by atoms with Gasteiger partial charge in [0.05, 0.1) is 23.2 Å². The van der Waals surface area contributed by atoms with Crippen molar-refractivity contribution in [3.8, 4) is 0 Å². The lowest BCUT2D eigenvalue weighted by Crippen LogP contribution is -2.31. The highest BCUT2D eigenvalue weighted by atomic mass is 35.5. The minimum atomic E-state index is -0.577. The maximum atomic E-state index is 10.9. The molecule has 27 heavy (non-hydrogen) atoms. The Morgan fingerprint density at radius 3 is 2.89 bits per heavy atom. The number of halogens is 1. The highest BCUT2D eigenvalue weighted by Crippen LogP contribution is 2.45. The maximum Gasteiger partial charge on any atom is 0.0970 e. The predicted molar refractivity (Wildman–Crippen MR) is 108 cm³/mol. The molecule has 1 N–H and O–H groups in total. The van der Waals surface area contributed by atoms with Gasteiger partial charge in [-0.05, 0) is 67.3 Å². The standard InChI is InChI=1S/C22H24ClN3O/c1-14-11-16-21-18-3-2-9-25(18)10-6-19(21)26(22(16)17(23)12-14)13-20(27)15-4-7-24-8-5-15/h4-5,7-8,11-12,18,20,27H,2-3,6,9-10,13H2,1H3/t18-,20-/m1/s1. The van der Waals surface area contributed by atoms with Crippen molar-refractivity contribution in [1.29, 1.82) is 0 Å².